The maximum absolute atomic E-state index is 6.01. The minimum atomic E-state index is 0.554. The predicted molar refractivity (Wildman–Crippen MR) is 80.2 cm³/mol. The maximum atomic E-state index is 6.01. The van der Waals surface area contributed by atoms with E-state index in [1.807, 2.05) is 32.0 Å². The lowest BCUT2D eigenvalue weighted by Gasteiger charge is -2.07. The summed E-state index contributed by atoms with van der Waals surface area (Å²) in [4.78, 5) is 8.91. The van der Waals surface area contributed by atoms with Crippen LogP contribution < -0.4 is 5.32 Å². The number of aryl methyl sites for hydroxylation is 1. The summed E-state index contributed by atoms with van der Waals surface area (Å²) in [7, 11) is 0. The van der Waals surface area contributed by atoms with Gasteiger partial charge >= 0.3 is 0 Å². The van der Waals surface area contributed by atoms with Crippen molar-refractivity contribution in [1.82, 2.24) is 9.97 Å². The highest BCUT2D eigenvalue weighted by Gasteiger charge is 2.05. The molecule has 5 heteroatoms. The second-order valence-electron chi connectivity index (χ2n) is 4.27. The van der Waals surface area contributed by atoms with Gasteiger partial charge in [0, 0.05) is 24.7 Å². The van der Waals surface area contributed by atoms with Crippen LogP contribution in [0.15, 0.2) is 24.3 Å². The third-order valence-corrected chi connectivity index (χ3v) is 3.34. The first-order chi connectivity index (χ1) is 9.08. The zero-order chi connectivity index (χ0) is 13.8. The van der Waals surface area contributed by atoms with Gasteiger partial charge in [-0.1, -0.05) is 29.3 Å². The number of benzene rings is 1. The molecule has 19 heavy (non-hydrogen) atoms. The van der Waals surface area contributed by atoms with Crippen LogP contribution in [0, 0.1) is 6.92 Å². The second-order valence-corrected chi connectivity index (χ2v) is 5.08. The fourth-order valence-electron chi connectivity index (χ4n) is 1.81. The second kappa shape index (κ2) is 6.22. The van der Waals surface area contributed by atoms with Gasteiger partial charge in [-0.25, -0.2) is 9.97 Å². The van der Waals surface area contributed by atoms with E-state index in [1.54, 1.807) is 6.07 Å². The van der Waals surface area contributed by atoms with Crippen LogP contribution in [0.5, 0.6) is 0 Å². The number of rotatable bonds is 4. The summed E-state index contributed by atoms with van der Waals surface area (Å²) in [6, 6.07) is 7.51. The van der Waals surface area contributed by atoms with E-state index >= 15 is 0 Å². The van der Waals surface area contributed by atoms with Gasteiger partial charge in [0.05, 0.1) is 10.0 Å². The molecule has 1 aromatic heterocycles. The zero-order valence-corrected chi connectivity index (χ0v) is 12.4. The molecule has 0 bridgehead atoms. The molecule has 3 nitrogen and oxygen atoms in total. The molecule has 0 aliphatic carbocycles. The first-order valence-electron chi connectivity index (χ1n) is 6.11. The molecule has 0 saturated carbocycles. The van der Waals surface area contributed by atoms with Gasteiger partial charge in [0.15, 0.2) is 0 Å². The van der Waals surface area contributed by atoms with E-state index in [-0.39, 0.29) is 0 Å². The van der Waals surface area contributed by atoms with Gasteiger partial charge in [-0.2, -0.15) is 0 Å². The Kier molecular flexibility index (Phi) is 4.61. The van der Waals surface area contributed by atoms with Crippen molar-refractivity contribution in [2.24, 2.45) is 0 Å². The molecule has 0 spiro atoms. The number of nitrogens with one attached hydrogen (secondary N) is 1. The highest BCUT2D eigenvalue weighted by atomic mass is 35.5. The van der Waals surface area contributed by atoms with Gasteiger partial charge in [-0.15, -0.1) is 0 Å². The van der Waals surface area contributed by atoms with E-state index < -0.39 is 0 Å². The van der Waals surface area contributed by atoms with E-state index in [1.165, 1.54) is 0 Å². The van der Waals surface area contributed by atoms with E-state index in [0.717, 1.165) is 29.4 Å². The third-order valence-electron chi connectivity index (χ3n) is 2.60. The Morgan fingerprint density at radius 2 is 1.89 bits per heavy atom. The Bertz CT molecular complexity index is 585. The molecule has 0 unspecified atom stereocenters. The van der Waals surface area contributed by atoms with Gasteiger partial charge in [0.2, 0.25) is 0 Å². The molecular weight excluding hydrogens is 281 g/mol. The first-order valence-corrected chi connectivity index (χ1v) is 6.86. The topological polar surface area (TPSA) is 37.8 Å². The average Bonchev–Trinajstić information content (AvgIpc) is 2.33. The maximum Gasteiger partial charge on any atom is 0.135 e. The molecule has 100 valence electrons. The minimum Gasteiger partial charge on any atom is -0.370 e. The van der Waals surface area contributed by atoms with Gasteiger partial charge in [-0.3, -0.25) is 0 Å². The van der Waals surface area contributed by atoms with Gasteiger partial charge in [0.1, 0.15) is 11.6 Å². The van der Waals surface area contributed by atoms with E-state index in [4.69, 9.17) is 23.2 Å². The third kappa shape index (κ3) is 3.82. The van der Waals surface area contributed by atoms with Crippen molar-refractivity contribution in [2.75, 3.05) is 11.9 Å². The minimum absolute atomic E-state index is 0.554. The van der Waals surface area contributed by atoms with Crippen LogP contribution in [-0.4, -0.2) is 16.5 Å². The molecule has 1 aromatic carbocycles. The van der Waals surface area contributed by atoms with Gasteiger partial charge < -0.3 is 5.32 Å². The standard InChI is InChI=1S/C14H15Cl2N3/c1-3-17-13-6-9(2)18-14(19-13)8-10-4-5-11(15)12(16)7-10/h4-7H,3,8H2,1-2H3,(H,17,18,19). The van der Waals surface area contributed by atoms with Gasteiger partial charge in [0.25, 0.3) is 0 Å². The summed E-state index contributed by atoms with van der Waals surface area (Å²) in [5.74, 6) is 1.62. The van der Waals surface area contributed by atoms with Crippen LogP contribution in [0.2, 0.25) is 10.0 Å². The Labute approximate surface area is 123 Å². The smallest absolute Gasteiger partial charge is 0.135 e. The summed E-state index contributed by atoms with van der Waals surface area (Å²) in [6.07, 6.45) is 0.636. The number of hydrogen-bond donors (Lipinski definition) is 1. The van der Waals surface area contributed by atoms with Crippen LogP contribution in [0.25, 0.3) is 0 Å². The van der Waals surface area contributed by atoms with E-state index in [0.29, 0.717) is 16.5 Å². The molecular formula is C14H15Cl2N3. The lowest BCUT2D eigenvalue weighted by molar-refractivity contribution is 0.938. The summed E-state index contributed by atoms with van der Waals surface area (Å²) in [6.45, 7) is 4.83. The average molecular weight is 296 g/mol. The molecule has 0 aliphatic heterocycles. The van der Waals surface area contributed by atoms with Crippen molar-refractivity contribution >= 4 is 29.0 Å². The molecule has 1 N–H and O–H groups in total. The van der Waals surface area contributed by atoms with Crippen molar-refractivity contribution in [3.05, 3.63) is 51.4 Å². The molecule has 0 fully saturated rings. The number of halogens is 2. The molecule has 0 atom stereocenters. The van der Waals surface area contributed by atoms with Crippen LogP contribution in [0.1, 0.15) is 24.0 Å². The Balaban J connectivity index is 2.24. The van der Waals surface area contributed by atoms with Crippen LogP contribution in [0.4, 0.5) is 5.82 Å². The summed E-state index contributed by atoms with van der Waals surface area (Å²) in [5.41, 5.74) is 1.99. The van der Waals surface area contributed by atoms with Crippen LogP contribution >= 0.6 is 23.2 Å². The lowest BCUT2D eigenvalue weighted by atomic mass is 10.1. The van der Waals surface area contributed by atoms with E-state index in [9.17, 15) is 0 Å². The quantitative estimate of drug-likeness (QED) is 0.922. The first kappa shape index (κ1) is 14.1. The Morgan fingerprint density at radius 3 is 2.58 bits per heavy atom. The van der Waals surface area contributed by atoms with Crippen molar-refractivity contribution in [3.8, 4) is 0 Å². The monoisotopic (exact) mass is 295 g/mol. The van der Waals surface area contributed by atoms with Crippen molar-refractivity contribution in [3.63, 3.8) is 0 Å². The number of hydrogen-bond acceptors (Lipinski definition) is 3. The molecule has 1 heterocycles. The summed E-state index contributed by atoms with van der Waals surface area (Å²) in [5, 5.41) is 4.31. The normalized spacial score (nSPS) is 10.5. The SMILES string of the molecule is CCNc1cc(C)nc(Cc2ccc(Cl)c(Cl)c2)n1. The Morgan fingerprint density at radius 1 is 1.11 bits per heavy atom. The fourth-order valence-corrected chi connectivity index (χ4v) is 2.13. The van der Waals surface area contributed by atoms with Crippen LogP contribution in [-0.2, 0) is 6.42 Å². The molecule has 2 rings (SSSR count). The highest BCUT2D eigenvalue weighted by molar-refractivity contribution is 6.42. The lowest BCUT2D eigenvalue weighted by Crippen LogP contribution is -2.05. The summed E-state index contributed by atoms with van der Waals surface area (Å²) < 4.78 is 0. The Hall–Kier alpha value is -1.32. The molecule has 0 saturated heterocycles. The highest BCUT2D eigenvalue weighted by Crippen LogP contribution is 2.23. The predicted octanol–water partition coefficient (Wildman–Crippen LogP) is 4.11. The van der Waals surface area contributed by atoms with E-state index in [2.05, 4.69) is 15.3 Å². The summed E-state index contributed by atoms with van der Waals surface area (Å²) >= 11 is 11.9. The fraction of sp³-hybridized carbons (Fsp3) is 0.286. The molecule has 0 aliphatic rings. The van der Waals surface area contributed by atoms with Gasteiger partial charge in [-0.05, 0) is 31.5 Å². The van der Waals surface area contributed by atoms with Crippen molar-refractivity contribution < 1.29 is 0 Å². The van der Waals surface area contributed by atoms with Crippen molar-refractivity contribution in [2.45, 2.75) is 20.3 Å². The number of nitrogens with zero attached hydrogens (tertiary/aromatic N) is 2. The number of anilines is 1. The molecule has 0 radical (unpaired) electrons. The van der Waals surface area contributed by atoms with Crippen molar-refractivity contribution in [1.29, 1.82) is 0 Å². The zero-order valence-electron chi connectivity index (χ0n) is 10.9. The largest absolute Gasteiger partial charge is 0.370 e. The van der Waals surface area contributed by atoms with Crippen LogP contribution in [0.3, 0.4) is 0 Å². The molecule has 2 aromatic rings. The molecule has 0 amide bonds. The number of aromatic nitrogens is 2.